The first-order valence-corrected chi connectivity index (χ1v) is 6.34. The summed E-state index contributed by atoms with van der Waals surface area (Å²) in [5.41, 5.74) is 0.562. The molecule has 1 saturated carbocycles. The summed E-state index contributed by atoms with van der Waals surface area (Å²) in [6.45, 7) is 10.9. The van der Waals surface area contributed by atoms with Crippen molar-refractivity contribution in [3.8, 4) is 0 Å². The standard InChI is InChI=1S/C13H27NO/c1-11(2)15-9-5-8-14-12-6-7-13(3,4)10-12/h11-12,14H,5-10H2,1-4H3. The minimum absolute atomic E-state index is 0.371. The Morgan fingerprint density at radius 2 is 2.13 bits per heavy atom. The van der Waals surface area contributed by atoms with Gasteiger partial charge in [0.1, 0.15) is 0 Å². The van der Waals surface area contributed by atoms with Crippen LogP contribution in [0.1, 0.15) is 53.4 Å². The summed E-state index contributed by atoms with van der Waals surface area (Å²) >= 11 is 0. The molecule has 0 amide bonds. The molecule has 1 aliphatic carbocycles. The fraction of sp³-hybridized carbons (Fsp3) is 1.00. The van der Waals surface area contributed by atoms with Crippen LogP contribution in [0.15, 0.2) is 0 Å². The number of ether oxygens (including phenoxy) is 1. The molecule has 1 unspecified atom stereocenters. The molecule has 1 atom stereocenters. The molecule has 0 aromatic heterocycles. The van der Waals surface area contributed by atoms with Gasteiger partial charge in [-0.15, -0.1) is 0 Å². The van der Waals surface area contributed by atoms with E-state index in [1.807, 2.05) is 0 Å². The van der Waals surface area contributed by atoms with Gasteiger partial charge in [-0.2, -0.15) is 0 Å². The van der Waals surface area contributed by atoms with Gasteiger partial charge in [-0.05, 0) is 51.5 Å². The predicted molar refractivity (Wildman–Crippen MR) is 65.1 cm³/mol. The molecule has 0 saturated heterocycles. The summed E-state index contributed by atoms with van der Waals surface area (Å²) in [5.74, 6) is 0. The van der Waals surface area contributed by atoms with Gasteiger partial charge in [0, 0.05) is 12.6 Å². The fourth-order valence-corrected chi connectivity index (χ4v) is 2.31. The molecule has 0 aliphatic heterocycles. The van der Waals surface area contributed by atoms with E-state index in [0.717, 1.165) is 25.6 Å². The van der Waals surface area contributed by atoms with Crippen LogP contribution >= 0.6 is 0 Å². The Kier molecular flexibility index (Phi) is 5.07. The highest BCUT2D eigenvalue weighted by Crippen LogP contribution is 2.36. The van der Waals surface area contributed by atoms with Gasteiger partial charge in [-0.3, -0.25) is 0 Å². The van der Waals surface area contributed by atoms with Crippen LogP contribution in [0.3, 0.4) is 0 Å². The molecule has 2 nitrogen and oxygen atoms in total. The van der Waals surface area contributed by atoms with Crippen LogP contribution in [0.4, 0.5) is 0 Å². The zero-order chi connectivity index (χ0) is 11.3. The molecule has 15 heavy (non-hydrogen) atoms. The van der Waals surface area contributed by atoms with E-state index in [9.17, 15) is 0 Å². The van der Waals surface area contributed by atoms with Gasteiger partial charge in [0.2, 0.25) is 0 Å². The van der Waals surface area contributed by atoms with E-state index >= 15 is 0 Å². The van der Waals surface area contributed by atoms with Crippen molar-refractivity contribution in [2.24, 2.45) is 5.41 Å². The van der Waals surface area contributed by atoms with Gasteiger partial charge in [-0.25, -0.2) is 0 Å². The summed E-state index contributed by atoms with van der Waals surface area (Å²) < 4.78 is 5.51. The first-order chi connectivity index (χ1) is 6.99. The lowest BCUT2D eigenvalue weighted by Crippen LogP contribution is -2.29. The van der Waals surface area contributed by atoms with Crippen LogP contribution in [0.25, 0.3) is 0 Å². The predicted octanol–water partition coefficient (Wildman–Crippen LogP) is 2.97. The Bertz CT molecular complexity index is 177. The van der Waals surface area contributed by atoms with Gasteiger partial charge < -0.3 is 10.1 Å². The smallest absolute Gasteiger partial charge is 0.0518 e. The molecule has 0 spiro atoms. The second kappa shape index (κ2) is 5.86. The molecule has 0 aromatic rings. The first kappa shape index (κ1) is 13.0. The van der Waals surface area contributed by atoms with Crippen molar-refractivity contribution in [3.05, 3.63) is 0 Å². The van der Waals surface area contributed by atoms with Crippen molar-refractivity contribution in [1.82, 2.24) is 5.32 Å². The zero-order valence-corrected chi connectivity index (χ0v) is 10.8. The topological polar surface area (TPSA) is 21.3 Å². The van der Waals surface area contributed by atoms with Crippen molar-refractivity contribution in [2.45, 2.75) is 65.5 Å². The molecular weight excluding hydrogens is 186 g/mol. The molecule has 1 aliphatic rings. The highest BCUT2D eigenvalue weighted by molar-refractivity contribution is 4.86. The zero-order valence-electron chi connectivity index (χ0n) is 10.8. The molecule has 90 valence electrons. The highest BCUT2D eigenvalue weighted by atomic mass is 16.5. The number of hydrogen-bond acceptors (Lipinski definition) is 2. The second-order valence-corrected chi connectivity index (χ2v) is 5.83. The Hall–Kier alpha value is -0.0800. The van der Waals surface area contributed by atoms with E-state index in [2.05, 4.69) is 33.0 Å². The van der Waals surface area contributed by atoms with E-state index in [4.69, 9.17) is 4.74 Å². The van der Waals surface area contributed by atoms with Crippen molar-refractivity contribution in [2.75, 3.05) is 13.2 Å². The van der Waals surface area contributed by atoms with E-state index < -0.39 is 0 Å². The quantitative estimate of drug-likeness (QED) is 0.685. The van der Waals surface area contributed by atoms with E-state index in [-0.39, 0.29) is 0 Å². The minimum atomic E-state index is 0.371. The van der Waals surface area contributed by atoms with Gasteiger partial charge in [-0.1, -0.05) is 13.8 Å². The summed E-state index contributed by atoms with van der Waals surface area (Å²) in [7, 11) is 0. The Balaban J connectivity index is 1.97. The third-order valence-electron chi connectivity index (χ3n) is 3.17. The average molecular weight is 213 g/mol. The van der Waals surface area contributed by atoms with Crippen LogP contribution in [-0.2, 0) is 4.74 Å². The van der Waals surface area contributed by atoms with Gasteiger partial charge in [0.15, 0.2) is 0 Å². The molecule has 1 fully saturated rings. The maximum absolute atomic E-state index is 5.51. The SMILES string of the molecule is CC(C)OCCCNC1CCC(C)(C)C1. The average Bonchev–Trinajstić information content (AvgIpc) is 2.44. The minimum Gasteiger partial charge on any atom is -0.379 e. The third-order valence-corrected chi connectivity index (χ3v) is 3.17. The normalized spacial score (nSPS) is 25.0. The molecule has 0 heterocycles. The molecular formula is C13H27NO. The van der Waals surface area contributed by atoms with Crippen molar-refractivity contribution >= 4 is 0 Å². The third kappa shape index (κ3) is 5.53. The molecule has 2 heteroatoms. The van der Waals surface area contributed by atoms with Gasteiger partial charge in [0.05, 0.1) is 6.10 Å². The summed E-state index contributed by atoms with van der Waals surface area (Å²) in [5, 5.41) is 3.63. The largest absolute Gasteiger partial charge is 0.379 e. The van der Waals surface area contributed by atoms with Crippen molar-refractivity contribution in [1.29, 1.82) is 0 Å². The fourth-order valence-electron chi connectivity index (χ4n) is 2.31. The second-order valence-electron chi connectivity index (χ2n) is 5.83. The highest BCUT2D eigenvalue weighted by Gasteiger charge is 2.30. The van der Waals surface area contributed by atoms with E-state index in [1.165, 1.54) is 19.3 Å². The lowest BCUT2D eigenvalue weighted by atomic mass is 9.92. The molecule has 1 rings (SSSR count). The monoisotopic (exact) mass is 213 g/mol. The van der Waals surface area contributed by atoms with Crippen LogP contribution in [0, 0.1) is 5.41 Å². The number of nitrogens with one attached hydrogen (secondary N) is 1. The van der Waals surface area contributed by atoms with Gasteiger partial charge in [0.25, 0.3) is 0 Å². The molecule has 1 N–H and O–H groups in total. The van der Waals surface area contributed by atoms with Crippen LogP contribution in [0.5, 0.6) is 0 Å². The number of rotatable bonds is 6. The van der Waals surface area contributed by atoms with Crippen molar-refractivity contribution in [3.63, 3.8) is 0 Å². The molecule has 0 bridgehead atoms. The maximum Gasteiger partial charge on any atom is 0.0518 e. The molecule has 0 radical (unpaired) electrons. The van der Waals surface area contributed by atoms with E-state index in [1.54, 1.807) is 0 Å². The lowest BCUT2D eigenvalue weighted by Gasteiger charge is -2.18. The Morgan fingerprint density at radius 1 is 1.40 bits per heavy atom. The summed E-state index contributed by atoms with van der Waals surface area (Å²) in [6.07, 6.45) is 5.55. The number of hydrogen-bond donors (Lipinski definition) is 1. The summed E-state index contributed by atoms with van der Waals surface area (Å²) in [4.78, 5) is 0. The van der Waals surface area contributed by atoms with E-state index in [0.29, 0.717) is 11.5 Å². The van der Waals surface area contributed by atoms with Crippen LogP contribution in [0.2, 0.25) is 0 Å². The lowest BCUT2D eigenvalue weighted by molar-refractivity contribution is 0.0767. The van der Waals surface area contributed by atoms with Crippen LogP contribution < -0.4 is 5.32 Å². The first-order valence-electron chi connectivity index (χ1n) is 6.34. The maximum atomic E-state index is 5.51. The summed E-state index contributed by atoms with van der Waals surface area (Å²) in [6, 6.07) is 0.749. The van der Waals surface area contributed by atoms with Gasteiger partial charge >= 0.3 is 0 Å². The Labute approximate surface area is 94.8 Å². The Morgan fingerprint density at radius 3 is 2.67 bits per heavy atom. The van der Waals surface area contributed by atoms with Crippen molar-refractivity contribution < 1.29 is 4.74 Å². The van der Waals surface area contributed by atoms with Crippen LogP contribution in [-0.4, -0.2) is 25.3 Å². The molecule has 0 aromatic carbocycles.